The molecule has 9 heteroatoms. The van der Waals surface area contributed by atoms with Crippen LogP contribution in [0.2, 0.25) is 0 Å². The minimum absolute atomic E-state index is 0. The Bertz CT molecular complexity index is 902. The van der Waals surface area contributed by atoms with Gasteiger partial charge in [-0.1, -0.05) is 60.7 Å². The van der Waals surface area contributed by atoms with E-state index >= 15 is 0 Å². The molecule has 0 fully saturated rings. The molecule has 0 heterocycles. The molecule has 1 atom stereocenters. The SMILES string of the molecule is [CH2]C(COC(=O)CCC(=O)OCc1ccccc1)OC(=O)CCC(=O)OCc1ccccc1.[NaH]. The van der Waals surface area contributed by atoms with E-state index < -0.39 is 30.0 Å². The molecule has 0 spiro atoms. The molecule has 1 radical (unpaired) electrons. The summed E-state index contributed by atoms with van der Waals surface area (Å²) in [6.07, 6.45) is -1.55. The van der Waals surface area contributed by atoms with Crippen molar-refractivity contribution in [1.29, 1.82) is 0 Å². The minimum atomic E-state index is -0.938. The topological polar surface area (TPSA) is 105 Å². The second-order valence-electron chi connectivity index (χ2n) is 7.09. The molecule has 2 aromatic carbocycles. The van der Waals surface area contributed by atoms with E-state index in [0.29, 0.717) is 0 Å². The summed E-state index contributed by atoms with van der Waals surface area (Å²) in [7, 11) is 0. The van der Waals surface area contributed by atoms with Crippen LogP contribution in [0.15, 0.2) is 60.7 Å². The van der Waals surface area contributed by atoms with Crippen LogP contribution in [0.5, 0.6) is 0 Å². The third-order valence-electron chi connectivity index (χ3n) is 4.28. The van der Waals surface area contributed by atoms with E-state index in [1.807, 2.05) is 60.7 Å². The van der Waals surface area contributed by atoms with E-state index in [4.69, 9.17) is 18.9 Å². The summed E-state index contributed by atoms with van der Waals surface area (Å²) in [5, 5.41) is 0. The number of rotatable bonds is 13. The predicted molar refractivity (Wildman–Crippen MR) is 124 cm³/mol. The average molecular weight is 479 g/mol. The molecule has 0 aliphatic carbocycles. The molecule has 1 unspecified atom stereocenters. The van der Waals surface area contributed by atoms with Gasteiger partial charge in [-0.05, 0) is 18.1 Å². The molecule has 0 aliphatic heterocycles. The molecule has 0 N–H and O–H groups in total. The summed E-state index contributed by atoms with van der Waals surface area (Å²) < 4.78 is 20.1. The molecule has 34 heavy (non-hydrogen) atoms. The fraction of sp³-hybridized carbons (Fsp3) is 0.320. The maximum absolute atomic E-state index is 11.8. The van der Waals surface area contributed by atoms with Gasteiger partial charge in [-0.3, -0.25) is 19.2 Å². The molecule has 2 rings (SSSR count). The van der Waals surface area contributed by atoms with Crippen LogP contribution in [0.25, 0.3) is 0 Å². The van der Waals surface area contributed by atoms with Gasteiger partial charge in [0.05, 0.1) is 25.7 Å². The molecular weight excluding hydrogens is 451 g/mol. The van der Waals surface area contributed by atoms with Crippen molar-refractivity contribution in [2.45, 2.75) is 45.0 Å². The van der Waals surface area contributed by atoms with Gasteiger partial charge in [-0.25, -0.2) is 0 Å². The van der Waals surface area contributed by atoms with E-state index in [9.17, 15) is 19.2 Å². The normalized spacial score (nSPS) is 10.9. The third kappa shape index (κ3) is 13.1. The van der Waals surface area contributed by atoms with Crippen LogP contribution in [0.3, 0.4) is 0 Å². The van der Waals surface area contributed by atoms with Crippen molar-refractivity contribution in [1.82, 2.24) is 0 Å². The van der Waals surface area contributed by atoms with E-state index in [1.54, 1.807) is 0 Å². The van der Waals surface area contributed by atoms with Gasteiger partial charge in [0.1, 0.15) is 25.9 Å². The number of benzene rings is 2. The summed E-state index contributed by atoms with van der Waals surface area (Å²) in [6, 6.07) is 18.3. The van der Waals surface area contributed by atoms with Crippen LogP contribution in [0.1, 0.15) is 36.8 Å². The Morgan fingerprint density at radius 2 is 1.00 bits per heavy atom. The van der Waals surface area contributed by atoms with Crippen LogP contribution in [-0.4, -0.2) is 66.1 Å². The summed E-state index contributed by atoms with van der Waals surface area (Å²) in [5.74, 6) is -2.34. The summed E-state index contributed by atoms with van der Waals surface area (Å²) >= 11 is 0. The van der Waals surface area contributed by atoms with Crippen molar-refractivity contribution in [3.63, 3.8) is 0 Å². The Morgan fingerprint density at radius 3 is 1.44 bits per heavy atom. The van der Waals surface area contributed by atoms with Gasteiger partial charge in [0, 0.05) is 0 Å². The van der Waals surface area contributed by atoms with Crippen LogP contribution >= 0.6 is 0 Å². The Hall–Kier alpha value is -2.68. The van der Waals surface area contributed by atoms with Crippen LogP contribution in [-0.2, 0) is 51.3 Å². The molecular formula is C25H28NaO8. The number of hydrogen-bond acceptors (Lipinski definition) is 8. The van der Waals surface area contributed by atoms with Crippen molar-refractivity contribution in [2.24, 2.45) is 0 Å². The first kappa shape index (κ1) is 29.4. The second-order valence-corrected chi connectivity index (χ2v) is 7.09. The molecule has 0 saturated heterocycles. The van der Waals surface area contributed by atoms with Crippen molar-refractivity contribution in [2.75, 3.05) is 6.61 Å². The number of carbonyl (C=O) groups excluding carboxylic acids is 4. The third-order valence-corrected chi connectivity index (χ3v) is 4.28. The van der Waals surface area contributed by atoms with Crippen molar-refractivity contribution in [3.8, 4) is 0 Å². The molecule has 8 nitrogen and oxygen atoms in total. The monoisotopic (exact) mass is 479 g/mol. The fourth-order valence-corrected chi connectivity index (χ4v) is 2.57. The molecule has 0 amide bonds. The van der Waals surface area contributed by atoms with Crippen molar-refractivity contribution in [3.05, 3.63) is 78.7 Å². The Morgan fingerprint density at radius 1 is 0.618 bits per heavy atom. The van der Waals surface area contributed by atoms with Crippen molar-refractivity contribution >= 4 is 53.4 Å². The Labute approximate surface area is 221 Å². The molecule has 0 aliphatic rings. The van der Waals surface area contributed by atoms with Crippen molar-refractivity contribution < 1.29 is 38.1 Å². The summed E-state index contributed by atoms with van der Waals surface area (Å²) in [4.78, 5) is 47.0. The van der Waals surface area contributed by atoms with Gasteiger partial charge in [0.2, 0.25) is 0 Å². The molecule has 0 bridgehead atoms. The van der Waals surface area contributed by atoms with Gasteiger partial charge in [0.15, 0.2) is 0 Å². The maximum atomic E-state index is 11.8. The van der Waals surface area contributed by atoms with E-state index in [1.165, 1.54) is 0 Å². The summed E-state index contributed by atoms with van der Waals surface area (Å²) in [6.45, 7) is 3.58. The predicted octanol–water partition coefficient (Wildman–Crippen LogP) is 2.67. The second kappa shape index (κ2) is 16.9. The number of hydrogen-bond donors (Lipinski definition) is 0. The zero-order chi connectivity index (χ0) is 23.9. The fourth-order valence-electron chi connectivity index (χ4n) is 2.57. The standard InChI is InChI=1S/C25H27O8.Na.H/c1-19(33-25(29)15-14-24(28)32-18-21-10-6-3-7-11-21)16-30-22(26)12-13-23(27)31-17-20-8-4-2-5-9-20;;/h2-11,19H,1,12-18H2;;. The first-order valence-corrected chi connectivity index (χ1v) is 10.5. The van der Waals surface area contributed by atoms with E-state index in [0.717, 1.165) is 11.1 Å². The Kier molecular flexibility index (Phi) is 14.6. The van der Waals surface area contributed by atoms with Gasteiger partial charge in [-0.15, -0.1) is 0 Å². The molecule has 0 aromatic heterocycles. The van der Waals surface area contributed by atoms with E-state index in [2.05, 4.69) is 6.92 Å². The zero-order valence-electron chi connectivity index (χ0n) is 18.3. The zero-order valence-corrected chi connectivity index (χ0v) is 18.3. The summed E-state index contributed by atoms with van der Waals surface area (Å²) in [5.41, 5.74) is 1.69. The average Bonchev–Trinajstić information content (AvgIpc) is 2.83. The molecule has 0 saturated carbocycles. The molecule has 177 valence electrons. The Balaban J connectivity index is 0.00000578. The first-order chi connectivity index (χ1) is 15.9. The van der Waals surface area contributed by atoms with Gasteiger partial charge >= 0.3 is 53.4 Å². The van der Waals surface area contributed by atoms with Gasteiger partial charge in [-0.2, -0.15) is 0 Å². The number of esters is 4. The quantitative estimate of drug-likeness (QED) is 0.245. The van der Waals surface area contributed by atoms with Crippen LogP contribution in [0.4, 0.5) is 0 Å². The van der Waals surface area contributed by atoms with Gasteiger partial charge < -0.3 is 18.9 Å². The van der Waals surface area contributed by atoms with Crippen LogP contribution in [0, 0.1) is 6.92 Å². The first-order valence-electron chi connectivity index (χ1n) is 10.5. The molecule has 2 aromatic rings. The number of ether oxygens (including phenoxy) is 4. The van der Waals surface area contributed by atoms with E-state index in [-0.39, 0.29) is 75.1 Å². The number of carbonyl (C=O) groups is 4. The van der Waals surface area contributed by atoms with Crippen LogP contribution < -0.4 is 0 Å². The van der Waals surface area contributed by atoms with Gasteiger partial charge in [0.25, 0.3) is 0 Å².